The van der Waals surface area contributed by atoms with Crippen molar-refractivity contribution in [2.45, 2.75) is 52.5 Å². The zero-order chi connectivity index (χ0) is 15.3. The van der Waals surface area contributed by atoms with Crippen molar-refractivity contribution >= 4 is 0 Å². The van der Waals surface area contributed by atoms with Crippen molar-refractivity contribution in [3.63, 3.8) is 0 Å². The summed E-state index contributed by atoms with van der Waals surface area (Å²) < 4.78 is 11.6. The van der Waals surface area contributed by atoms with Gasteiger partial charge in [-0.15, -0.1) is 0 Å². The van der Waals surface area contributed by atoms with E-state index < -0.39 is 0 Å². The largest absolute Gasteiger partial charge is 0.462 e. The Kier molecular flexibility index (Phi) is 5.21. The summed E-state index contributed by atoms with van der Waals surface area (Å²) in [5, 5.41) is 3.41. The maximum atomic E-state index is 5.86. The fraction of sp³-hybridized carbons (Fsp3) is 0.444. The Hall–Kier alpha value is -1.58. The molecule has 0 spiro atoms. The van der Waals surface area contributed by atoms with Crippen molar-refractivity contribution < 1.29 is 9.15 Å². The molecule has 0 aliphatic heterocycles. The second kappa shape index (κ2) is 6.92. The first-order valence-electron chi connectivity index (χ1n) is 7.43. The summed E-state index contributed by atoms with van der Waals surface area (Å²) in [4.78, 5) is 0. The van der Waals surface area contributed by atoms with E-state index in [0.29, 0.717) is 6.61 Å². The van der Waals surface area contributed by atoms with Crippen molar-refractivity contribution in [1.29, 1.82) is 0 Å². The molecule has 3 nitrogen and oxygen atoms in total. The van der Waals surface area contributed by atoms with Crippen molar-refractivity contribution in [2.75, 3.05) is 0 Å². The first-order valence-corrected chi connectivity index (χ1v) is 7.43. The molecule has 0 amide bonds. The van der Waals surface area contributed by atoms with Crippen LogP contribution in [0.1, 0.15) is 50.9 Å². The van der Waals surface area contributed by atoms with E-state index in [1.165, 1.54) is 5.56 Å². The van der Waals surface area contributed by atoms with Gasteiger partial charge in [0, 0.05) is 5.54 Å². The van der Waals surface area contributed by atoms with Gasteiger partial charge in [0.05, 0.1) is 12.6 Å². The number of furan rings is 1. The van der Waals surface area contributed by atoms with Crippen molar-refractivity contribution in [1.82, 2.24) is 5.32 Å². The molecule has 0 aliphatic rings. The minimum Gasteiger partial charge on any atom is -0.462 e. The van der Waals surface area contributed by atoms with Crippen molar-refractivity contribution in [2.24, 2.45) is 0 Å². The Morgan fingerprint density at radius 3 is 2.38 bits per heavy atom. The lowest BCUT2D eigenvalue weighted by molar-refractivity contribution is 0.0413. The van der Waals surface area contributed by atoms with Crippen LogP contribution in [0, 0.1) is 0 Å². The summed E-state index contributed by atoms with van der Waals surface area (Å²) in [5.41, 5.74) is 1.27. The molecule has 0 saturated carbocycles. The normalized spacial score (nSPS) is 13.3. The Labute approximate surface area is 127 Å². The molecule has 2 aromatic rings. The van der Waals surface area contributed by atoms with E-state index in [0.717, 1.165) is 18.1 Å². The number of benzene rings is 1. The summed E-state index contributed by atoms with van der Waals surface area (Å²) in [5.74, 6) is 1.80. The predicted octanol–water partition coefficient (Wildman–Crippen LogP) is 4.45. The van der Waals surface area contributed by atoms with E-state index >= 15 is 0 Å². The molecule has 0 aliphatic carbocycles. The maximum Gasteiger partial charge on any atom is 0.129 e. The van der Waals surface area contributed by atoms with E-state index in [4.69, 9.17) is 9.15 Å². The average molecular weight is 287 g/mol. The Balaban J connectivity index is 1.83. The summed E-state index contributed by atoms with van der Waals surface area (Å²) >= 11 is 0. The zero-order valence-corrected chi connectivity index (χ0v) is 13.3. The van der Waals surface area contributed by atoms with Crippen LogP contribution in [0.15, 0.2) is 46.9 Å². The number of rotatable bonds is 6. The van der Waals surface area contributed by atoms with Crippen molar-refractivity contribution in [3.05, 3.63) is 59.5 Å². The minimum atomic E-state index is 0.0625. The smallest absolute Gasteiger partial charge is 0.129 e. The molecule has 21 heavy (non-hydrogen) atoms. The predicted molar refractivity (Wildman–Crippen MR) is 84.9 cm³/mol. The monoisotopic (exact) mass is 287 g/mol. The second-order valence-electron chi connectivity index (χ2n) is 6.34. The molecule has 0 saturated heterocycles. The summed E-state index contributed by atoms with van der Waals surface area (Å²) in [6.45, 7) is 9.70. The second-order valence-corrected chi connectivity index (χ2v) is 6.34. The highest BCUT2D eigenvalue weighted by molar-refractivity contribution is 5.17. The highest BCUT2D eigenvalue weighted by atomic mass is 16.5. The van der Waals surface area contributed by atoms with Gasteiger partial charge in [0.2, 0.25) is 0 Å². The van der Waals surface area contributed by atoms with Crippen LogP contribution >= 0.6 is 0 Å². The van der Waals surface area contributed by atoms with Crippen LogP contribution in [-0.4, -0.2) is 5.54 Å². The van der Waals surface area contributed by atoms with Crippen LogP contribution in [0.5, 0.6) is 0 Å². The fourth-order valence-electron chi connectivity index (χ4n) is 1.97. The molecule has 1 unspecified atom stereocenters. The Bertz CT molecular complexity index is 540. The Morgan fingerprint density at radius 1 is 1.05 bits per heavy atom. The average Bonchev–Trinajstić information content (AvgIpc) is 2.91. The summed E-state index contributed by atoms with van der Waals surface area (Å²) in [6.07, 6.45) is 0.0625. The van der Waals surface area contributed by atoms with Gasteiger partial charge in [-0.2, -0.15) is 0 Å². The molecule has 1 atom stereocenters. The van der Waals surface area contributed by atoms with Gasteiger partial charge in [0.25, 0.3) is 0 Å². The number of nitrogens with one attached hydrogen (secondary N) is 1. The molecule has 114 valence electrons. The first-order chi connectivity index (χ1) is 9.94. The van der Waals surface area contributed by atoms with Gasteiger partial charge in [0.15, 0.2) is 0 Å². The number of ether oxygens (including phenoxy) is 1. The molecular weight excluding hydrogens is 262 g/mol. The van der Waals surface area contributed by atoms with Gasteiger partial charge in [-0.25, -0.2) is 0 Å². The third-order valence-electron chi connectivity index (χ3n) is 3.25. The molecule has 1 N–H and O–H groups in total. The van der Waals surface area contributed by atoms with Gasteiger partial charge in [-0.3, -0.25) is 0 Å². The quantitative estimate of drug-likeness (QED) is 0.852. The number of hydrogen-bond acceptors (Lipinski definition) is 3. The van der Waals surface area contributed by atoms with Gasteiger partial charge in [-0.05, 0) is 45.4 Å². The van der Waals surface area contributed by atoms with Gasteiger partial charge >= 0.3 is 0 Å². The van der Waals surface area contributed by atoms with Crippen LogP contribution < -0.4 is 5.32 Å². The molecule has 0 fully saturated rings. The lowest BCUT2D eigenvalue weighted by Crippen LogP contribution is -2.34. The molecule has 1 heterocycles. The van der Waals surface area contributed by atoms with Crippen LogP contribution in [0.4, 0.5) is 0 Å². The molecule has 0 radical (unpaired) electrons. The lowest BCUT2D eigenvalue weighted by atomic mass is 10.1. The molecule has 0 bridgehead atoms. The minimum absolute atomic E-state index is 0.0625. The molecule has 1 aromatic carbocycles. The van der Waals surface area contributed by atoms with Gasteiger partial charge in [0.1, 0.15) is 18.1 Å². The van der Waals surface area contributed by atoms with Crippen molar-refractivity contribution in [3.8, 4) is 0 Å². The first kappa shape index (κ1) is 15.8. The van der Waals surface area contributed by atoms with Gasteiger partial charge < -0.3 is 14.5 Å². The van der Waals surface area contributed by atoms with E-state index in [1.807, 2.05) is 30.3 Å². The standard InChI is InChI=1S/C18H25NO2/c1-14(15-8-6-5-7-9-15)20-13-17-11-10-16(21-17)12-19-18(2,3)4/h5-11,14,19H,12-13H2,1-4H3. The van der Waals surface area contributed by atoms with E-state index in [-0.39, 0.29) is 11.6 Å². The highest BCUT2D eigenvalue weighted by Crippen LogP contribution is 2.19. The van der Waals surface area contributed by atoms with E-state index in [2.05, 4.69) is 45.1 Å². The third-order valence-corrected chi connectivity index (χ3v) is 3.25. The molecule has 2 rings (SSSR count). The highest BCUT2D eigenvalue weighted by Gasteiger charge is 2.11. The summed E-state index contributed by atoms with van der Waals surface area (Å²) in [7, 11) is 0. The zero-order valence-electron chi connectivity index (χ0n) is 13.3. The van der Waals surface area contributed by atoms with Crippen LogP contribution in [0.25, 0.3) is 0 Å². The lowest BCUT2D eigenvalue weighted by Gasteiger charge is -2.19. The van der Waals surface area contributed by atoms with E-state index in [1.54, 1.807) is 0 Å². The van der Waals surface area contributed by atoms with Crippen LogP contribution in [0.2, 0.25) is 0 Å². The third kappa shape index (κ3) is 5.37. The Morgan fingerprint density at radius 2 is 1.71 bits per heavy atom. The van der Waals surface area contributed by atoms with Gasteiger partial charge in [-0.1, -0.05) is 30.3 Å². The molecular formula is C18H25NO2. The SMILES string of the molecule is CC(OCc1ccc(CNC(C)(C)C)o1)c1ccccc1. The maximum absolute atomic E-state index is 5.86. The van der Waals surface area contributed by atoms with Crippen LogP contribution in [-0.2, 0) is 17.9 Å². The number of hydrogen-bond donors (Lipinski definition) is 1. The van der Waals surface area contributed by atoms with E-state index in [9.17, 15) is 0 Å². The topological polar surface area (TPSA) is 34.4 Å². The summed E-state index contributed by atoms with van der Waals surface area (Å²) in [6, 6.07) is 14.2. The fourth-order valence-corrected chi connectivity index (χ4v) is 1.97. The molecule has 1 aromatic heterocycles. The molecule has 3 heteroatoms. The van der Waals surface area contributed by atoms with Crippen LogP contribution in [0.3, 0.4) is 0 Å².